The predicted octanol–water partition coefficient (Wildman–Crippen LogP) is 3.72. The van der Waals surface area contributed by atoms with Crippen molar-refractivity contribution in [3.05, 3.63) is 71.8 Å². The minimum absolute atomic E-state index is 0.0258. The SMILES string of the molecule is CC(C)(CC(=O)N(Cc1ccccc1)Cc1ccccc1)C(=O)O. The predicted molar refractivity (Wildman–Crippen MR) is 93.2 cm³/mol. The van der Waals surface area contributed by atoms with Gasteiger partial charge in [0.25, 0.3) is 0 Å². The zero-order chi connectivity index (χ0) is 17.6. The summed E-state index contributed by atoms with van der Waals surface area (Å²) in [5.41, 5.74) is 0.965. The normalized spacial score (nSPS) is 11.1. The van der Waals surface area contributed by atoms with Crippen molar-refractivity contribution in [1.82, 2.24) is 4.90 Å². The lowest BCUT2D eigenvalue weighted by atomic mass is 9.89. The van der Waals surface area contributed by atoms with E-state index in [4.69, 9.17) is 0 Å². The van der Waals surface area contributed by atoms with E-state index in [9.17, 15) is 14.7 Å². The highest BCUT2D eigenvalue weighted by molar-refractivity contribution is 5.84. The van der Waals surface area contributed by atoms with E-state index in [-0.39, 0.29) is 12.3 Å². The molecule has 0 bridgehead atoms. The Labute approximate surface area is 142 Å². The molecule has 0 saturated heterocycles. The van der Waals surface area contributed by atoms with Crippen LogP contribution in [0.1, 0.15) is 31.4 Å². The molecule has 2 aromatic carbocycles. The minimum atomic E-state index is -1.08. The highest BCUT2D eigenvalue weighted by Gasteiger charge is 2.32. The molecule has 0 unspecified atom stereocenters. The maximum absolute atomic E-state index is 12.7. The first-order chi connectivity index (χ1) is 11.4. The zero-order valence-corrected chi connectivity index (χ0v) is 14.1. The molecule has 0 atom stereocenters. The molecule has 0 fully saturated rings. The van der Waals surface area contributed by atoms with E-state index in [1.54, 1.807) is 18.7 Å². The van der Waals surface area contributed by atoms with E-state index in [1.165, 1.54) is 0 Å². The van der Waals surface area contributed by atoms with Crippen LogP contribution in [-0.4, -0.2) is 21.9 Å². The van der Waals surface area contributed by atoms with Crippen LogP contribution in [-0.2, 0) is 22.7 Å². The van der Waals surface area contributed by atoms with Gasteiger partial charge in [0, 0.05) is 19.5 Å². The third-order valence-electron chi connectivity index (χ3n) is 3.96. The number of aliphatic carboxylic acids is 1. The van der Waals surface area contributed by atoms with Crippen LogP contribution in [0.4, 0.5) is 0 Å². The number of amides is 1. The van der Waals surface area contributed by atoms with Crippen molar-refractivity contribution < 1.29 is 14.7 Å². The third kappa shape index (κ3) is 4.95. The second kappa shape index (κ2) is 7.77. The first-order valence-electron chi connectivity index (χ1n) is 7.97. The van der Waals surface area contributed by atoms with Crippen molar-refractivity contribution in [2.75, 3.05) is 0 Å². The first kappa shape index (κ1) is 17.7. The molecule has 4 nitrogen and oxygen atoms in total. The number of benzene rings is 2. The summed E-state index contributed by atoms with van der Waals surface area (Å²) in [6.07, 6.45) is -0.0258. The molecule has 0 aliphatic carbocycles. The number of carboxylic acid groups (broad SMARTS) is 1. The smallest absolute Gasteiger partial charge is 0.309 e. The van der Waals surface area contributed by atoms with E-state index in [2.05, 4.69) is 0 Å². The van der Waals surface area contributed by atoms with Gasteiger partial charge in [-0.25, -0.2) is 0 Å². The molecular formula is C20H23NO3. The van der Waals surface area contributed by atoms with Crippen molar-refractivity contribution >= 4 is 11.9 Å². The van der Waals surface area contributed by atoms with E-state index in [1.807, 2.05) is 60.7 Å². The van der Waals surface area contributed by atoms with Crippen LogP contribution in [0.25, 0.3) is 0 Å². The van der Waals surface area contributed by atoms with Crippen molar-refractivity contribution in [2.45, 2.75) is 33.4 Å². The topological polar surface area (TPSA) is 57.6 Å². The highest BCUT2D eigenvalue weighted by Crippen LogP contribution is 2.23. The molecule has 0 radical (unpaired) electrons. The molecule has 4 heteroatoms. The summed E-state index contributed by atoms with van der Waals surface area (Å²) < 4.78 is 0. The van der Waals surface area contributed by atoms with Gasteiger partial charge in [-0.15, -0.1) is 0 Å². The number of carbonyl (C=O) groups excluding carboxylic acids is 1. The van der Waals surface area contributed by atoms with Gasteiger partial charge >= 0.3 is 5.97 Å². The van der Waals surface area contributed by atoms with E-state index in [0.29, 0.717) is 13.1 Å². The molecule has 2 rings (SSSR count). The van der Waals surface area contributed by atoms with Crippen LogP contribution >= 0.6 is 0 Å². The van der Waals surface area contributed by atoms with Gasteiger partial charge in [0.2, 0.25) is 5.91 Å². The standard InChI is InChI=1S/C20H23NO3/c1-20(2,19(23)24)13-18(22)21(14-16-9-5-3-6-10-16)15-17-11-7-4-8-12-17/h3-12H,13-15H2,1-2H3,(H,23,24). The lowest BCUT2D eigenvalue weighted by molar-refractivity contribution is -0.151. The summed E-state index contributed by atoms with van der Waals surface area (Å²) in [4.78, 5) is 25.8. The summed E-state index contributed by atoms with van der Waals surface area (Å²) in [6.45, 7) is 4.08. The Morgan fingerprint density at radius 1 is 0.875 bits per heavy atom. The van der Waals surface area contributed by atoms with Crippen LogP contribution in [0.3, 0.4) is 0 Å². The van der Waals surface area contributed by atoms with Gasteiger partial charge in [0.05, 0.1) is 5.41 Å². The Morgan fingerprint density at radius 2 is 1.29 bits per heavy atom. The molecule has 126 valence electrons. The molecule has 0 aliphatic rings. The fraction of sp³-hybridized carbons (Fsp3) is 0.300. The van der Waals surface area contributed by atoms with Crippen LogP contribution in [0.15, 0.2) is 60.7 Å². The number of rotatable bonds is 7. The van der Waals surface area contributed by atoms with Gasteiger partial charge in [0.1, 0.15) is 0 Å². The largest absolute Gasteiger partial charge is 0.481 e. The molecule has 0 aromatic heterocycles. The van der Waals surface area contributed by atoms with E-state index in [0.717, 1.165) is 11.1 Å². The van der Waals surface area contributed by atoms with E-state index < -0.39 is 11.4 Å². The monoisotopic (exact) mass is 325 g/mol. The van der Waals surface area contributed by atoms with Gasteiger partial charge in [-0.2, -0.15) is 0 Å². The van der Waals surface area contributed by atoms with Crippen LogP contribution in [0, 0.1) is 5.41 Å². The van der Waals surface area contributed by atoms with Gasteiger partial charge in [-0.05, 0) is 25.0 Å². The van der Waals surface area contributed by atoms with Crippen LogP contribution in [0.2, 0.25) is 0 Å². The van der Waals surface area contributed by atoms with Crippen LogP contribution in [0.5, 0.6) is 0 Å². The molecule has 1 amide bonds. The first-order valence-corrected chi connectivity index (χ1v) is 7.97. The van der Waals surface area contributed by atoms with E-state index >= 15 is 0 Å². The van der Waals surface area contributed by atoms with Crippen molar-refractivity contribution in [3.63, 3.8) is 0 Å². The molecule has 0 aliphatic heterocycles. The number of carboxylic acids is 1. The Balaban J connectivity index is 2.18. The highest BCUT2D eigenvalue weighted by atomic mass is 16.4. The summed E-state index contributed by atoms with van der Waals surface area (Å²) in [5.74, 6) is -1.12. The lowest BCUT2D eigenvalue weighted by Crippen LogP contribution is -2.36. The quantitative estimate of drug-likeness (QED) is 0.844. The maximum Gasteiger partial charge on any atom is 0.309 e. The Hall–Kier alpha value is -2.62. The Kier molecular flexibility index (Phi) is 5.74. The molecule has 0 heterocycles. The fourth-order valence-electron chi connectivity index (χ4n) is 2.41. The number of hydrogen-bond acceptors (Lipinski definition) is 2. The summed E-state index contributed by atoms with van der Waals surface area (Å²) >= 11 is 0. The minimum Gasteiger partial charge on any atom is -0.481 e. The van der Waals surface area contributed by atoms with Gasteiger partial charge in [0.15, 0.2) is 0 Å². The molecule has 2 aromatic rings. The molecule has 0 saturated carbocycles. The van der Waals surface area contributed by atoms with Crippen molar-refractivity contribution in [1.29, 1.82) is 0 Å². The fourth-order valence-corrected chi connectivity index (χ4v) is 2.41. The lowest BCUT2D eigenvalue weighted by Gasteiger charge is -2.27. The van der Waals surface area contributed by atoms with Crippen molar-refractivity contribution in [3.8, 4) is 0 Å². The van der Waals surface area contributed by atoms with Crippen LogP contribution < -0.4 is 0 Å². The van der Waals surface area contributed by atoms with Gasteiger partial charge in [-0.1, -0.05) is 60.7 Å². The van der Waals surface area contributed by atoms with Gasteiger partial charge in [-0.3, -0.25) is 9.59 Å². The molecule has 24 heavy (non-hydrogen) atoms. The molecule has 0 spiro atoms. The number of hydrogen-bond donors (Lipinski definition) is 1. The molecule has 1 N–H and O–H groups in total. The second-order valence-corrected chi connectivity index (χ2v) is 6.59. The van der Waals surface area contributed by atoms with Gasteiger partial charge < -0.3 is 10.0 Å². The average molecular weight is 325 g/mol. The Morgan fingerprint density at radius 3 is 1.67 bits per heavy atom. The number of nitrogens with zero attached hydrogens (tertiary/aromatic N) is 1. The van der Waals surface area contributed by atoms with Crippen molar-refractivity contribution in [2.24, 2.45) is 5.41 Å². The molecular weight excluding hydrogens is 302 g/mol. The summed E-state index contributed by atoms with van der Waals surface area (Å²) in [6, 6.07) is 19.5. The Bertz CT molecular complexity index is 639. The maximum atomic E-state index is 12.7. The second-order valence-electron chi connectivity index (χ2n) is 6.59. The summed E-state index contributed by atoms with van der Waals surface area (Å²) in [7, 11) is 0. The zero-order valence-electron chi connectivity index (χ0n) is 14.1. The number of carbonyl (C=O) groups is 2. The average Bonchev–Trinajstić information content (AvgIpc) is 2.55. The summed E-state index contributed by atoms with van der Waals surface area (Å²) in [5, 5.41) is 9.28. The third-order valence-corrected chi connectivity index (χ3v) is 3.96.